The summed E-state index contributed by atoms with van der Waals surface area (Å²) in [5.41, 5.74) is 1.20. The van der Waals surface area contributed by atoms with Gasteiger partial charge in [0, 0.05) is 31.3 Å². The molecule has 1 aliphatic heterocycles. The van der Waals surface area contributed by atoms with Crippen LogP contribution in [0, 0.1) is 5.92 Å². The Balaban J connectivity index is 1.68. The lowest BCUT2D eigenvalue weighted by Crippen LogP contribution is -2.66. The number of rotatable bonds is 5. The van der Waals surface area contributed by atoms with Gasteiger partial charge in [-0.3, -0.25) is 9.59 Å². The Labute approximate surface area is 172 Å². The largest absolute Gasteiger partial charge is 0.463 e. The molecule has 4 rings (SSSR count). The maximum Gasteiger partial charge on any atom is 0.271 e. The molecule has 29 heavy (non-hydrogen) atoms. The SMILES string of the molecule is CC1CCCCC1NC(=O)C1(C)Cn2c(cc3occc32)C(=O)N1CCN(C)C. The first-order valence-electron chi connectivity index (χ1n) is 10.7. The van der Waals surface area contributed by atoms with Crippen LogP contribution in [-0.2, 0) is 11.3 Å². The molecule has 3 unspecified atom stereocenters. The second kappa shape index (κ2) is 7.52. The smallest absolute Gasteiger partial charge is 0.271 e. The summed E-state index contributed by atoms with van der Waals surface area (Å²) in [7, 11) is 3.96. The van der Waals surface area contributed by atoms with Crippen molar-refractivity contribution >= 4 is 22.9 Å². The summed E-state index contributed by atoms with van der Waals surface area (Å²) < 4.78 is 7.46. The van der Waals surface area contributed by atoms with Gasteiger partial charge in [0.05, 0.1) is 18.3 Å². The number of likely N-dealkylation sites (N-methyl/N-ethyl adjacent to an activating group) is 1. The van der Waals surface area contributed by atoms with E-state index in [0.29, 0.717) is 36.8 Å². The van der Waals surface area contributed by atoms with Crippen LogP contribution >= 0.6 is 0 Å². The zero-order valence-electron chi connectivity index (χ0n) is 17.9. The molecule has 2 aliphatic rings. The van der Waals surface area contributed by atoms with Crippen LogP contribution in [0.25, 0.3) is 11.1 Å². The average molecular weight is 401 g/mol. The van der Waals surface area contributed by atoms with Gasteiger partial charge in [0.1, 0.15) is 11.2 Å². The molecule has 7 heteroatoms. The van der Waals surface area contributed by atoms with Crippen LogP contribution in [0.3, 0.4) is 0 Å². The summed E-state index contributed by atoms with van der Waals surface area (Å²) in [5, 5.41) is 3.30. The maximum atomic E-state index is 13.6. The molecule has 1 saturated carbocycles. The minimum Gasteiger partial charge on any atom is -0.463 e. The molecule has 0 spiro atoms. The standard InChI is InChI=1S/C22H32N4O3/c1-15-7-5-6-8-16(15)23-21(28)22(2)14-25-17-9-12-29-19(17)13-18(25)20(27)26(22)11-10-24(3)4/h9,12-13,15-16H,5-8,10-11,14H2,1-4H3,(H,23,28). The van der Waals surface area contributed by atoms with Gasteiger partial charge in [0.15, 0.2) is 5.58 Å². The van der Waals surface area contributed by atoms with E-state index in [4.69, 9.17) is 4.42 Å². The molecule has 2 amide bonds. The lowest BCUT2D eigenvalue weighted by molar-refractivity contribution is -0.134. The molecule has 2 aromatic heterocycles. The molecule has 3 heterocycles. The Kier molecular flexibility index (Phi) is 5.19. The zero-order valence-corrected chi connectivity index (χ0v) is 17.9. The molecule has 0 radical (unpaired) electrons. The summed E-state index contributed by atoms with van der Waals surface area (Å²) in [5.74, 6) is 0.298. The average Bonchev–Trinajstić information content (AvgIpc) is 3.25. The number of aromatic nitrogens is 1. The van der Waals surface area contributed by atoms with Crippen LogP contribution in [-0.4, -0.2) is 64.9 Å². The number of hydrogen-bond donors (Lipinski definition) is 1. The fourth-order valence-electron chi connectivity index (χ4n) is 4.78. The summed E-state index contributed by atoms with van der Waals surface area (Å²) in [6, 6.07) is 3.84. The van der Waals surface area contributed by atoms with Gasteiger partial charge >= 0.3 is 0 Å². The minimum atomic E-state index is -0.944. The van der Waals surface area contributed by atoms with Gasteiger partial charge in [-0.2, -0.15) is 0 Å². The number of hydrogen-bond acceptors (Lipinski definition) is 4. The predicted molar refractivity (Wildman–Crippen MR) is 112 cm³/mol. The van der Waals surface area contributed by atoms with Crippen molar-refractivity contribution in [2.24, 2.45) is 5.92 Å². The predicted octanol–water partition coefficient (Wildman–Crippen LogP) is 2.71. The molecule has 1 aliphatic carbocycles. The number of carbonyl (C=O) groups excluding carboxylic acids is 2. The highest BCUT2D eigenvalue weighted by atomic mass is 16.3. The highest BCUT2D eigenvalue weighted by Gasteiger charge is 2.48. The van der Waals surface area contributed by atoms with Crippen molar-refractivity contribution in [3.8, 4) is 0 Å². The van der Waals surface area contributed by atoms with Crippen molar-refractivity contribution in [3.05, 3.63) is 24.1 Å². The molecule has 1 fully saturated rings. The Bertz CT molecular complexity index is 914. The normalized spacial score (nSPS) is 27.5. The molecule has 1 N–H and O–H groups in total. The zero-order chi connectivity index (χ0) is 20.8. The van der Waals surface area contributed by atoms with Crippen molar-refractivity contribution in [1.29, 1.82) is 0 Å². The Morgan fingerprint density at radius 2 is 2.10 bits per heavy atom. The fraction of sp³-hybridized carbons (Fsp3) is 0.636. The van der Waals surface area contributed by atoms with Gasteiger partial charge in [0.25, 0.3) is 5.91 Å². The first-order valence-corrected chi connectivity index (χ1v) is 10.7. The molecule has 2 aromatic rings. The summed E-state index contributed by atoms with van der Waals surface area (Å²) in [6.07, 6.45) is 6.15. The van der Waals surface area contributed by atoms with Gasteiger partial charge in [-0.25, -0.2) is 0 Å². The van der Waals surface area contributed by atoms with E-state index in [1.807, 2.05) is 36.6 Å². The highest BCUT2D eigenvalue weighted by Crippen LogP contribution is 2.33. The van der Waals surface area contributed by atoms with Crippen LogP contribution in [0.15, 0.2) is 22.8 Å². The number of amides is 2. The molecule has 0 aromatic carbocycles. The van der Waals surface area contributed by atoms with E-state index in [1.165, 1.54) is 6.42 Å². The van der Waals surface area contributed by atoms with Gasteiger partial charge in [-0.1, -0.05) is 19.8 Å². The summed E-state index contributed by atoms with van der Waals surface area (Å²) >= 11 is 0. The second-order valence-corrected chi connectivity index (χ2v) is 9.16. The number of furan rings is 1. The molecule has 0 saturated heterocycles. The van der Waals surface area contributed by atoms with E-state index in [2.05, 4.69) is 12.2 Å². The molecule has 158 valence electrons. The molecular formula is C22H32N4O3. The van der Waals surface area contributed by atoms with E-state index >= 15 is 0 Å². The van der Waals surface area contributed by atoms with Crippen LogP contribution < -0.4 is 5.32 Å². The van der Waals surface area contributed by atoms with Gasteiger partial charge in [0.2, 0.25) is 5.91 Å². The molecule has 7 nitrogen and oxygen atoms in total. The number of nitrogens with one attached hydrogen (secondary N) is 1. The summed E-state index contributed by atoms with van der Waals surface area (Å²) in [6.45, 7) is 5.74. The van der Waals surface area contributed by atoms with Gasteiger partial charge in [-0.15, -0.1) is 0 Å². The maximum absolute atomic E-state index is 13.6. The third-order valence-electron chi connectivity index (χ3n) is 6.74. The molecular weight excluding hydrogens is 368 g/mol. The van der Waals surface area contributed by atoms with E-state index in [1.54, 1.807) is 17.2 Å². The van der Waals surface area contributed by atoms with E-state index in [9.17, 15) is 9.59 Å². The second-order valence-electron chi connectivity index (χ2n) is 9.16. The lowest BCUT2D eigenvalue weighted by Gasteiger charge is -2.45. The first-order chi connectivity index (χ1) is 13.8. The lowest BCUT2D eigenvalue weighted by atomic mass is 9.85. The summed E-state index contributed by atoms with van der Waals surface area (Å²) in [4.78, 5) is 30.8. The van der Waals surface area contributed by atoms with Crippen molar-refractivity contribution in [2.45, 2.75) is 57.7 Å². The Morgan fingerprint density at radius 1 is 1.34 bits per heavy atom. The van der Waals surface area contributed by atoms with E-state index in [-0.39, 0.29) is 17.9 Å². The van der Waals surface area contributed by atoms with Crippen LogP contribution in [0.2, 0.25) is 0 Å². The van der Waals surface area contributed by atoms with Crippen LogP contribution in [0.1, 0.15) is 50.0 Å². The van der Waals surface area contributed by atoms with Gasteiger partial charge in [-0.05, 0) is 39.8 Å². The van der Waals surface area contributed by atoms with Crippen molar-refractivity contribution < 1.29 is 14.0 Å². The van der Waals surface area contributed by atoms with Gasteiger partial charge < -0.3 is 24.1 Å². The van der Waals surface area contributed by atoms with Crippen LogP contribution in [0.5, 0.6) is 0 Å². The van der Waals surface area contributed by atoms with Crippen molar-refractivity contribution in [1.82, 2.24) is 19.7 Å². The van der Waals surface area contributed by atoms with E-state index < -0.39 is 5.54 Å². The first kappa shape index (κ1) is 20.0. The molecule has 3 atom stereocenters. The highest BCUT2D eigenvalue weighted by molar-refractivity contribution is 6.02. The Hall–Kier alpha value is -2.28. The van der Waals surface area contributed by atoms with Crippen molar-refractivity contribution in [3.63, 3.8) is 0 Å². The monoisotopic (exact) mass is 400 g/mol. The fourth-order valence-corrected chi connectivity index (χ4v) is 4.78. The topological polar surface area (TPSA) is 70.7 Å². The van der Waals surface area contributed by atoms with Crippen LogP contribution in [0.4, 0.5) is 0 Å². The number of carbonyl (C=O) groups is 2. The van der Waals surface area contributed by atoms with Crippen molar-refractivity contribution in [2.75, 3.05) is 27.2 Å². The molecule has 0 bridgehead atoms. The number of fused-ring (bicyclic) bond motifs is 3. The Morgan fingerprint density at radius 3 is 2.83 bits per heavy atom. The number of nitrogens with zero attached hydrogens (tertiary/aromatic N) is 3. The third kappa shape index (κ3) is 3.45. The van der Waals surface area contributed by atoms with E-state index in [0.717, 1.165) is 24.8 Å². The quantitative estimate of drug-likeness (QED) is 0.838. The minimum absolute atomic E-state index is 0.0562. The third-order valence-corrected chi connectivity index (χ3v) is 6.74.